The second-order valence-electron chi connectivity index (χ2n) is 5.94. The summed E-state index contributed by atoms with van der Waals surface area (Å²) in [6.07, 6.45) is -1.09. The van der Waals surface area contributed by atoms with Crippen molar-refractivity contribution in [3.8, 4) is 0 Å². The quantitative estimate of drug-likeness (QED) is 0.603. The molecule has 0 saturated heterocycles. The van der Waals surface area contributed by atoms with E-state index in [1.54, 1.807) is 48.5 Å². The highest BCUT2D eigenvalue weighted by Gasteiger charge is 2.29. The van der Waals surface area contributed by atoms with Gasteiger partial charge in [-0.15, -0.1) is 0 Å². The van der Waals surface area contributed by atoms with Crippen LogP contribution >= 0.6 is 23.2 Å². The largest absolute Gasteiger partial charge is 0.386 e. The van der Waals surface area contributed by atoms with Crippen molar-refractivity contribution >= 4 is 33.2 Å². The van der Waals surface area contributed by atoms with E-state index in [1.165, 1.54) is 18.2 Å². The Labute approximate surface area is 168 Å². The molecule has 7 heteroatoms. The molecule has 2 N–H and O–H groups in total. The lowest BCUT2D eigenvalue weighted by Crippen LogP contribution is -2.33. The average molecular weight is 422 g/mol. The van der Waals surface area contributed by atoms with Crippen molar-refractivity contribution in [3.05, 3.63) is 100 Å². The summed E-state index contributed by atoms with van der Waals surface area (Å²) < 4.78 is 28.4. The summed E-state index contributed by atoms with van der Waals surface area (Å²) in [5, 5.41) is 11.2. The van der Waals surface area contributed by atoms with Gasteiger partial charge in [0.15, 0.2) is 0 Å². The van der Waals surface area contributed by atoms with Crippen LogP contribution in [0.25, 0.3) is 0 Å². The van der Waals surface area contributed by atoms with E-state index in [-0.39, 0.29) is 9.92 Å². The van der Waals surface area contributed by atoms with E-state index in [2.05, 4.69) is 4.72 Å². The van der Waals surface area contributed by atoms with Crippen molar-refractivity contribution in [2.24, 2.45) is 0 Å². The summed E-state index contributed by atoms with van der Waals surface area (Å²) >= 11 is 11.9. The molecule has 0 heterocycles. The third-order valence-electron chi connectivity index (χ3n) is 4.08. The predicted octanol–water partition coefficient (Wildman–Crippen LogP) is 4.75. The maximum atomic E-state index is 12.9. The minimum atomic E-state index is -4.01. The number of nitrogens with one attached hydrogen (secondary N) is 1. The van der Waals surface area contributed by atoms with Crippen LogP contribution in [0.2, 0.25) is 10.0 Å². The van der Waals surface area contributed by atoms with Crippen molar-refractivity contribution < 1.29 is 13.5 Å². The van der Waals surface area contributed by atoms with Crippen molar-refractivity contribution in [1.82, 2.24) is 4.72 Å². The number of rotatable bonds is 6. The molecule has 3 rings (SSSR count). The van der Waals surface area contributed by atoms with Crippen LogP contribution in [0.1, 0.15) is 23.3 Å². The van der Waals surface area contributed by atoms with Gasteiger partial charge >= 0.3 is 0 Å². The first-order valence-electron chi connectivity index (χ1n) is 8.14. The van der Waals surface area contributed by atoms with E-state index in [0.29, 0.717) is 16.1 Å². The lowest BCUT2D eigenvalue weighted by atomic mass is 9.97. The zero-order valence-electron chi connectivity index (χ0n) is 14.1. The first-order valence-corrected chi connectivity index (χ1v) is 10.4. The molecule has 0 saturated carbocycles. The monoisotopic (exact) mass is 421 g/mol. The summed E-state index contributed by atoms with van der Waals surface area (Å²) in [7, 11) is -4.01. The number of halogens is 2. The standard InChI is InChI=1S/C20H17Cl2NO3S/c21-16-11-12-18(17(22)13-16)27(25,26)23-19(14-7-3-1-4-8-14)20(24)15-9-5-2-6-10-15/h1-13,19-20,23-24H/t19-,20+/m0/s1. The van der Waals surface area contributed by atoms with E-state index < -0.39 is 22.2 Å². The molecule has 3 aromatic carbocycles. The molecule has 0 aliphatic heterocycles. The molecule has 3 aromatic rings. The van der Waals surface area contributed by atoms with Gasteiger partial charge in [0, 0.05) is 5.02 Å². The fraction of sp³-hybridized carbons (Fsp3) is 0.100. The number of hydrogen-bond acceptors (Lipinski definition) is 3. The summed E-state index contributed by atoms with van der Waals surface area (Å²) in [6, 6.07) is 21.0. The van der Waals surface area contributed by atoms with Gasteiger partial charge in [-0.25, -0.2) is 13.1 Å². The Morgan fingerprint density at radius 3 is 1.93 bits per heavy atom. The van der Waals surface area contributed by atoms with Crippen molar-refractivity contribution in [2.75, 3.05) is 0 Å². The Bertz CT molecular complexity index is 1010. The highest BCUT2D eigenvalue weighted by molar-refractivity contribution is 7.89. The van der Waals surface area contributed by atoms with Crippen molar-refractivity contribution in [3.63, 3.8) is 0 Å². The van der Waals surface area contributed by atoms with Gasteiger partial charge in [0.1, 0.15) is 4.90 Å². The van der Waals surface area contributed by atoms with E-state index in [4.69, 9.17) is 23.2 Å². The third-order valence-corrected chi connectivity index (χ3v) is 6.24. The Morgan fingerprint density at radius 1 is 0.815 bits per heavy atom. The van der Waals surface area contributed by atoms with Gasteiger partial charge in [0.05, 0.1) is 17.2 Å². The van der Waals surface area contributed by atoms with Gasteiger partial charge in [0.2, 0.25) is 10.0 Å². The Hall–Kier alpha value is -1.89. The SMILES string of the molecule is O=S(=O)(N[C@@H](c1ccccc1)[C@H](O)c1ccccc1)c1ccc(Cl)cc1Cl. The predicted molar refractivity (Wildman–Crippen MR) is 107 cm³/mol. The van der Waals surface area contributed by atoms with E-state index in [9.17, 15) is 13.5 Å². The number of hydrogen-bond donors (Lipinski definition) is 2. The average Bonchev–Trinajstić information content (AvgIpc) is 2.67. The van der Waals surface area contributed by atoms with E-state index >= 15 is 0 Å². The number of benzene rings is 3. The molecule has 0 spiro atoms. The molecule has 0 bridgehead atoms. The highest BCUT2D eigenvalue weighted by Crippen LogP contribution is 2.32. The van der Waals surface area contributed by atoms with Gasteiger partial charge in [-0.05, 0) is 29.3 Å². The molecule has 0 amide bonds. The van der Waals surface area contributed by atoms with Crippen LogP contribution in [0.15, 0.2) is 83.8 Å². The van der Waals surface area contributed by atoms with Crippen LogP contribution < -0.4 is 4.72 Å². The Morgan fingerprint density at radius 2 is 1.37 bits per heavy atom. The molecule has 0 unspecified atom stereocenters. The minimum absolute atomic E-state index is 0.0102. The number of sulfonamides is 1. The lowest BCUT2D eigenvalue weighted by Gasteiger charge is -2.25. The highest BCUT2D eigenvalue weighted by atomic mass is 35.5. The maximum absolute atomic E-state index is 12.9. The third kappa shape index (κ3) is 4.69. The number of aliphatic hydroxyl groups excluding tert-OH is 1. The van der Waals surface area contributed by atoms with Crippen LogP contribution in [0.3, 0.4) is 0 Å². The smallest absolute Gasteiger partial charge is 0.242 e. The van der Waals surface area contributed by atoms with Crippen molar-refractivity contribution in [1.29, 1.82) is 0 Å². The first-order chi connectivity index (χ1) is 12.9. The van der Waals surface area contributed by atoms with Crippen LogP contribution in [0.4, 0.5) is 0 Å². The van der Waals surface area contributed by atoms with Gasteiger partial charge in [0.25, 0.3) is 0 Å². The number of aliphatic hydroxyl groups is 1. The topological polar surface area (TPSA) is 66.4 Å². The molecule has 2 atom stereocenters. The van der Waals surface area contributed by atoms with Gasteiger partial charge < -0.3 is 5.11 Å². The summed E-state index contributed by atoms with van der Waals surface area (Å²) in [5.74, 6) is 0. The molecule has 140 valence electrons. The molecule has 0 fully saturated rings. The summed E-state index contributed by atoms with van der Waals surface area (Å²) in [5.41, 5.74) is 1.22. The van der Waals surface area contributed by atoms with E-state index in [0.717, 1.165) is 0 Å². The van der Waals surface area contributed by atoms with Crippen LogP contribution in [0.5, 0.6) is 0 Å². The van der Waals surface area contributed by atoms with Gasteiger partial charge in [-0.1, -0.05) is 83.9 Å². The van der Waals surface area contributed by atoms with Crippen molar-refractivity contribution in [2.45, 2.75) is 17.0 Å². The molecule has 0 aliphatic rings. The molecule has 0 radical (unpaired) electrons. The fourth-order valence-corrected chi connectivity index (χ4v) is 4.74. The lowest BCUT2D eigenvalue weighted by molar-refractivity contribution is 0.139. The Kier molecular flexibility index (Phi) is 6.19. The molecule has 0 aromatic heterocycles. The molecular formula is C20H17Cl2NO3S. The summed E-state index contributed by atoms with van der Waals surface area (Å²) in [4.78, 5) is -0.102. The van der Waals surface area contributed by atoms with Gasteiger partial charge in [-0.2, -0.15) is 0 Å². The first kappa shape index (κ1) is 19.9. The molecule has 0 aliphatic carbocycles. The zero-order chi connectivity index (χ0) is 19.4. The zero-order valence-corrected chi connectivity index (χ0v) is 16.4. The minimum Gasteiger partial charge on any atom is -0.386 e. The summed E-state index contributed by atoms with van der Waals surface area (Å²) in [6.45, 7) is 0. The normalized spacial score (nSPS) is 13.9. The molecule has 4 nitrogen and oxygen atoms in total. The van der Waals surface area contributed by atoms with Crippen LogP contribution in [0, 0.1) is 0 Å². The fourth-order valence-electron chi connectivity index (χ4n) is 2.74. The molecule has 27 heavy (non-hydrogen) atoms. The maximum Gasteiger partial charge on any atom is 0.242 e. The second-order valence-corrected chi connectivity index (χ2v) is 8.47. The van der Waals surface area contributed by atoms with Crippen LogP contribution in [-0.4, -0.2) is 13.5 Å². The van der Waals surface area contributed by atoms with Crippen LogP contribution in [-0.2, 0) is 10.0 Å². The molecular weight excluding hydrogens is 405 g/mol. The second kappa shape index (κ2) is 8.42. The van der Waals surface area contributed by atoms with E-state index in [1.807, 2.05) is 12.1 Å². The Balaban J connectivity index is 2.01. The van der Waals surface area contributed by atoms with Gasteiger partial charge in [-0.3, -0.25) is 0 Å².